The van der Waals surface area contributed by atoms with Crippen LogP contribution in [0.15, 0.2) is 24.5 Å². The van der Waals surface area contributed by atoms with E-state index in [0.717, 1.165) is 11.4 Å². The SMILES string of the molecule is Cc1ccn(CC(=O)N(C)Cc2ccnn2C)n1. The molecule has 0 saturated carbocycles. The standard InChI is InChI=1S/C12H17N5O/c1-10-5-7-17(14-10)9-12(18)15(2)8-11-4-6-13-16(11)3/h4-7H,8-9H2,1-3H3. The van der Waals surface area contributed by atoms with Crippen molar-refractivity contribution in [1.82, 2.24) is 24.5 Å². The fraction of sp³-hybridized carbons (Fsp3) is 0.417. The van der Waals surface area contributed by atoms with E-state index in [1.165, 1.54) is 0 Å². The largest absolute Gasteiger partial charge is 0.338 e. The Kier molecular flexibility index (Phi) is 3.45. The van der Waals surface area contributed by atoms with Crippen LogP contribution in [0.2, 0.25) is 0 Å². The average Bonchev–Trinajstić information content (AvgIpc) is 2.89. The van der Waals surface area contributed by atoms with Crippen LogP contribution in [0.3, 0.4) is 0 Å². The molecule has 0 atom stereocenters. The zero-order valence-corrected chi connectivity index (χ0v) is 10.9. The number of carbonyl (C=O) groups is 1. The molecule has 1 amide bonds. The van der Waals surface area contributed by atoms with Gasteiger partial charge >= 0.3 is 0 Å². The summed E-state index contributed by atoms with van der Waals surface area (Å²) in [7, 11) is 3.65. The molecule has 6 heteroatoms. The molecule has 0 unspecified atom stereocenters. The van der Waals surface area contributed by atoms with Gasteiger partial charge in [-0.1, -0.05) is 0 Å². The average molecular weight is 247 g/mol. The van der Waals surface area contributed by atoms with Gasteiger partial charge in [0.05, 0.1) is 17.9 Å². The Morgan fingerprint density at radius 3 is 2.78 bits per heavy atom. The van der Waals surface area contributed by atoms with E-state index < -0.39 is 0 Å². The van der Waals surface area contributed by atoms with E-state index in [4.69, 9.17) is 0 Å². The number of nitrogens with zero attached hydrogens (tertiary/aromatic N) is 5. The fourth-order valence-corrected chi connectivity index (χ4v) is 1.70. The van der Waals surface area contributed by atoms with Crippen LogP contribution in [-0.2, 0) is 24.9 Å². The van der Waals surface area contributed by atoms with Crippen LogP contribution in [0.4, 0.5) is 0 Å². The second kappa shape index (κ2) is 5.03. The second-order valence-corrected chi connectivity index (χ2v) is 4.35. The third-order valence-electron chi connectivity index (χ3n) is 2.82. The Labute approximate surface area is 106 Å². The minimum atomic E-state index is 0.0271. The molecular formula is C12H17N5O. The summed E-state index contributed by atoms with van der Waals surface area (Å²) in [6.45, 7) is 2.72. The van der Waals surface area contributed by atoms with Crippen LogP contribution in [0.1, 0.15) is 11.4 Å². The van der Waals surface area contributed by atoms with Gasteiger partial charge in [0.2, 0.25) is 5.91 Å². The molecule has 96 valence electrons. The highest BCUT2D eigenvalue weighted by Crippen LogP contribution is 2.02. The van der Waals surface area contributed by atoms with E-state index in [2.05, 4.69) is 10.2 Å². The van der Waals surface area contributed by atoms with Crippen LogP contribution < -0.4 is 0 Å². The van der Waals surface area contributed by atoms with Gasteiger partial charge in [-0.25, -0.2) is 0 Å². The summed E-state index contributed by atoms with van der Waals surface area (Å²) in [4.78, 5) is 13.7. The Morgan fingerprint density at radius 2 is 2.22 bits per heavy atom. The summed E-state index contributed by atoms with van der Waals surface area (Å²) in [5.41, 5.74) is 1.92. The lowest BCUT2D eigenvalue weighted by Crippen LogP contribution is -2.30. The van der Waals surface area contributed by atoms with E-state index in [1.54, 1.807) is 27.5 Å². The van der Waals surface area contributed by atoms with Crippen molar-refractivity contribution >= 4 is 5.91 Å². The summed E-state index contributed by atoms with van der Waals surface area (Å²) < 4.78 is 3.42. The molecule has 2 aromatic heterocycles. The zero-order chi connectivity index (χ0) is 13.1. The van der Waals surface area contributed by atoms with Gasteiger partial charge in [0, 0.05) is 26.5 Å². The highest BCUT2D eigenvalue weighted by molar-refractivity contribution is 5.75. The van der Waals surface area contributed by atoms with Crippen molar-refractivity contribution in [1.29, 1.82) is 0 Å². The van der Waals surface area contributed by atoms with Crippen molar-refractivity contribution in [3.05, 3.63) is 35.9 Å². The van der Waals surface area contributed by atoms with Crippen LogP contribution in [0.5, 0.6) is 0 Å². The first-order valence-corrected chi connectivity index (χ1v) is 5.77. The van der Waals surface area contributed by atoms with Crippen LogP contribution in [0, 0.1) is 6.92 Å². The molecule has 0 radical (unpaired) electrons. The molecule has 0 fully saturated rings. The van der Waals surface area contributed by atoms with E-state index in [9.17, 15) is 4.79 Å². The first-order chi connectivity index (χ1) is 8.56. The maximum absolute atomic E-state index is 12.0. The minimum absolute atomic E-state index is 0.0271. The predicted molar refractivity (Wildman–Crippen MR) is 66.6 cm³/mol. The molecule has 0 aliphatic rings. The number of aromatic nitrogens is 4. The second-order valence-electron chi connectivity index (χ2n) is 4.35. The lowest BCUT2D eigenvalue weighted by Gasteiger charge is -2.17. The Balaban J connectivity index is 1.95. The minimum Gasteiger partial charge on any atom is -0.338 e. The number of hydrogen-bond acceptors (Lipinski definition) is 3. The van der Waals surface area contributed by atoms with Crippen molar-refractivity contribution in [3.63, 3.8) is 0 Å². The van der Waals surface area contributed by atoms with Crippen LogP contribution >= 0.6 is 0 Å². The van der Waals surface area contributed by atoms with E-state index >= 15 is 0 Å². The Morgan fingerprint density at radius 1 is 1.44 bits per heavy atom. The van der Waals surface area contributed by atoms with E-state index in [-0.39, 0.29) is 12.5 Å². The topological polar surface area (TPSA) is 56.0 Å². The predicted octanol–water partition coefficient (Wildman–Crippen LogP) is 0.584. The molecule has 0 N–H and O–H groups in total. The lowest BCUT2D eigenvalue weighted by molar-refractivity contribution is -0.131. The maximum atomic E-state index is 12.0. The molecule has 0 aromatic carbocycles. The smallest absolute Gasteiger partial charge is 0.244 e. The summed E-state index contributed by atoms with van der Waals surface area (Å²) in [6, 6.07) is 3.79. The summed E-state index contributed by atoms with van der Waals surface area (Å²) in [5.74, 6) is 0.0271. The molecule has 0 bridgehead atoms. The molecule has 2 aromatic rings. The summed E-state index contributed by atoms with van der Waals surface area (Å²) >= 11 is 0. The Hall–Kier alpha value is -2.11. The molecule has 0 spiro atoms. The molecule has 6 nitrogen and oxygen atoms in total. The van der Waals surface area contributed by atoms with Gasteiger partial charge in [-0.05, 0) is 19.1 Å². The maximum Gasteiger partial charge on any atom is 0.244 e. The van der Waals surface area contributed by atoms with Gasteiger partial charge in [-0.15, -0.1) is 0 Å². The van der Waals surface area contributed by atoms with Gasteiger partial charge < -0.3 is 4.90 Å². The Bertz CT molecular complexity index is 542. The van der Waals surface area contributed by atoms with E-state index in [1.807, 2.05) is 32.3 Å². The van der Waals surface area contributed by atoms with Crippen molar-refractivity contribution in [2.75, 3.05) is 7.05 Å². The molecular weight excluding hydrogens is 230 g/mol. The zero-order valence-electron chi connectivity index (χ0n) is 10.9. The number of likely N-dealkylation sites (N-methyl/N-ethyl adjacent to an activating group) is 1. The van der Waals surface area contributed by atoms with Crippen LogP contribution in [0.25, 0.3) is 0 Å². The van der Waals surface area contributed by atoms with Gasteiger partial charge in [-0.2, -0.15) is 10.2 Å². The van der Waals surface area contributed by atoms with Crippen molar-refractivity contribution in [2.45, 2.75) is 20.0 Å². The number of carbonyl (C=O) groups excluding carboxylic acids is 1. The van der Waals surface area contributed by atoms with Gasteiger partial charge in [0.1, 0.15) is 6.54 Å². The monoisotopic (exact) mass is 247 g/mol. The quantitative estimate of drug-likeness (QED) is 0.794. The molecule has 0 saturated heterocycles. The lowest BCUT2D eigenvalue weighted by atomic mass is 10.4. The highest BCUT2D eigenvalue weighted by Gasteiger charge is 2.12. The van der Waals surface area contributed by atoms with Gasteiger partial charge in [0.15, 0.2) is 0 Å². The third-order valence-corrected chi connectivity index (χ3v) is 2.82. The first-order valence-electron chi connectivity index (χ1n) is 5.77. The number of hydrogen-bond donors (Lipinski definition) is 0. The molecule has 0 aliphatic carbocycles. The van der Waals surface area contributed by atoms with Gasteiger partial charge in [-0.3, -0.25) is 14.2 Å². The molecule has 0 aliphatic heterocycles. The van der Waals surface area contributed by atoms with Crippen molar-refractivity contribution < 1.29 is 4.79 Å². The molecule has 18 heavy (non-hydrogen) atoms. The van der Waals surface area contributed by atoms with Crippen molar-refractivity contribution in [2.24, 2.45) is 7.05 Å². The van der Waals surface area contributed by atoms with E-state index in [0.29, 0.717) is 6.54 Å². The number of aryl methyl sites for hydroxylation is 2. The molecule has 2 heterocycles. The first kappa shape index (κ1) is 12.3. The summed E-state index contributed by atoms with van der Waals surface area (Å²) in [6.07, 6.45) is 3.54. The van der Waals surface area contributed by atoms with Gasteiger partial charge in [0.25, 0.3) is 0 Å². The van der Waals surface area contributed by atoms with Crippen molar-refractivity contribution in [3.8, 4) is 0 Å². The summed E-state index contributed by atoms with van der Waals surface area (Å²) in [5, 5.41) is 8.28. The molecule has 2 rings (SSSR count). The third kappa shape index (κ3) is 2.77. The normalized spacial score (nSPS) is 10.6. The highest BCUT2D eigenvalue weighted by atomic mass is 16.2. The number of amides is 1. The number of rotatable bonds is 4. The van der Waals surface area contributed by atoms with Crippen LogP contribution in [-0.4, -0.2) is 37.4 Å². The fourth-order valence-electron chi connectivity index (χ4n) is 1.70.